The second-order valence-electron chi connectivity index (χ2n) is 6.45. The van der Waals surface area contributed by atoms with Gasteiger partial charge in [-0.05, 0) is 50.6 Å². The van der Waals surface area contributed by atoms with Crippen LogP contribution in [-0.2, 0) is 14.3 Å². The standard InChI is InChI=1S/C20H21N3O4/c1-12-5-7-16(8-6-12)23-13(2)9-15(14(23)3)10-17-19(25)22(20(26)21-17)11-18(24)27-4/h5-10H,11H2,1-4H3,(H,21,26)/b17-10-. The van der Waals surface area contributed by atoms with Gasteiger partial charge in [-0.15, -0.1) is 0 Å². The highest BCUT2D eigenvalue weighted by Gasteiger charge is 2.35. The van der Waals surface area contributed by atoms with Crippen LogP contribution in [0.15, 0.2) is 36.0 Å². The van der Waals surface area contributed by atoms with Crippen LogP contribution in [0.5, 0.6) is 0 Å². The molecule has 2 aromatic rings. The van der Waals surface area contributed by atoms with E-state index in [0.717, 1.165) is 27.5 Å². The van der Waals surface area contributed by atoms with Gasteiger partial charge >= 0.3 is 12.0 Å². The molecule has 2 heterocycles. The summed E-state index contributed by atoms with van der Waals surface area (Å²) in [6.07, 6.45) is 1.63. The lowest BCUT2D eigenvalue weighted by Crippen LogP contribution is -2.36. The molecule has 1 fully saturated rings. The lowest BCUT2D eigenvalue weighted by Gasteiger charge is -2.10. The Bertz CT molecular complexity index is 954. The number of aromatic nitrogens is 1. The molecule has 1 aromatic heterocycles. The van der Waals surface area contributed by atoms with Crippen molar-refractivity contribution in [2.75, 3.05) is 13.7 Å². The molecule has 1 aliphatic heterocycles. The van der Waals surface area contributed by atoms with Crippen molar-refractivity contribution in [1.29, 1.82) is 0 Å². The molecular formula is C20H21N3O4. The third-order valence-corrected chi connectivity index (χ3v) is 4.54. The Morgan fingerprint density at radius 1 is 1.15 bits per heavy atom. The summed E-state index contributed by atoms with van der Waals surface area (Å²) in [5.41, 5.74) is 5.09. The van der Waals surface area contributed by atoms with E-state index in [1.165, 1.54) is 12.7 Å². The third kappa shape index (κ3) is 3.48. The summed E-state index contributed by atoms with van der Waals surface area (Å²) in [5, 5.41) is 2.52. The van der Waals surface area contributed by atoms with E-state index >= 15 is 0 Å². The number of methoxy groups -OCH3 is 1. The topological polar surface area (TPSA) is 80.6 Å². The number of urea groups is 1. The fraction of sp³-hybridized carbons (Fsp3) is 0.250. The minimum Gasteiger partial charge on any atom is -0.468 e. The van der Waals surface area contributed by atoms with Crippen LogP contribution >= 0.6 is 0 Å². The summed E-state index contributed by atoms with van der Waals surface area (Å²) >= 11 is 0. The van der Waals surface area contributed by atoms with E-state index in [4.69, 9.17) is 0 Å². The van der Waals surface area contributed by atoms with E-state index in [2.05, 4.69) is 14.6 Å². The highest BCUT2D eigenvalue weighted by Crippen LogP contribution is 2.24. The largest absolute Gasteiger partial charge is 0.468 e. The minimum absolute atomic E-state index is 0.132. The quantitative estimate of drug-likeness (QED) is 0.511. The van der Waals surface area contributed by atoms with Gasteiger partial charge in [-0.2, -0.15) is 0 Å². The maximum atomic E-state index is 12.4. The second kappa shape index (κ2) is 7.11. The van der Waals surface area contributed by atoms with Crippen molar-refractivity contribution in [3.05, 3.63) is 58.5 Å². The Hall–Kier alpha value is -3.35. The van der Waals surface area contributed by atoms with Gasteiger partial charge in [0.05, 0.1) is 7.11 Å². The van der Waals surface area contributed by atoms with Crippen LogP contribution in [0.3, 0.4) is 0 Å². The first-order valence-corrected chi connectivity index (χ1v) is 8.49. The Morgan fingerprint density at radius 2 is 1.81 bits per heavy atom. The van der Waals surface area contributed by atoms with Gasteiger partial charge in [0.2, 0.25) is 0 Å². The zero-order valence-corrected chi connectivity index (χ0v) is 15.7. The van der Waals surface area contributed by atoms with Gasteiger partial charge in [-0.1, -0.05) is 17.7 Å². The molecule has 0 saturated carbocycles. The highest BCUT2D eigenvalue weighted by molar-refractivity contribution is 6.15. The summed E-state index contributed by atoms with van der Waals surface area (Å²) in [7, 11) is 1.21. The lowest BCUT2D eigenvalue weighted by molar-refractivity contribution is -0.143. The van der Waals surface area contributed by atoms with Crippen molar-refractivity contribution in [3.8, 4) is 5.69 Å². The number of nitrogens with zero attached hydrogens (tertiary/aromatic N) is 2. The number of aryl methyl sites for hydroxylation is 2. The van der Waals surface area contributed by atoms with E-state index in [1.807, 2.05) is 51.1 Å². The Balaban J connectivity index is 1.93. The number of amides is 3. The Morgan fingerprint density at radius 3 is 2.44 bits per heavy atom. The molecule has 0 bridgehead atoms. The van der Waals surface area contributed by atoms with E-state index in [0.29, 0.717) is 0 Å². The van der Waals surface area contributed by atoms with Crippen molar-refractivity contribution < 1.29 is 19.1 Å². The molecule has 7 heteroatoms. The van der Waals surface area contributed by atoms with Gasteiger partial charge in [0, 0.05) is 17.1 Å². The third-order valence-electron chi connectivity index (χ3n) is 4.54. The van der Waals surface area contributed by atoms with Gasteiger partial charge in [0.25, 0.3) is 5.91 Å². The lowest BCUT2D eigenvalue weighted by atomic mass is 10.2. The number of rotatable bonds is 4. The SMILES string of the molecule is COC(=O)CN1C(=O)N/C(=C\c2cc(C)n(-c3ccc(C)cc3)c2C)C1=O. The first kappa shape index (κ1) is 18.4. The molecule has 140 valence electrons. The van der Waals surface area contributed by atoms with E-state index in [-0.39, 0.29) is 5.70 Å². The molecular weight excluding hydrogens is 346 g/mol. The highest BCUT2D eigenvalue weighted by atomic mass is 16.5. The van der Waals surface area contributed by atoms with Crippen LogP contribution in [-0.4, -0.2) is 41.0 Å². The van der Waals surface area contributed by atoms with E-state index < -0.39 is 24.5 Å². The van der Waals surface area contributed by atoms with Gasteiger partial charge in [-0.25, -0.2) is 9.69 Å². The number of imide groups is 1. The molecule has 0 radical (unpaired) electrons. The molecule has 1 saturated heterocycles. The predicted octanol–water partition coefficient (Wildman–Crippen LogP) is 2.47. The zero-order valence-electron chi connectivity index (χ0n) is 15.7. The average molecular weight is 367 g/mol. The van der Waals surface area contributed by atoms with Gasteiger partial charge < -0.3 is 14.6 Å². The average Bonchev–Trinajstić information content (AvgIpc) is 3.06. The van der Waals surface area contributed by atoms with Crippen LogP contribution in [0.2, 0.25) is 0 Å². The van der Waals surface area contributed by atoms with Crippen LogP contribution in [0.4, 0.5) is 4.79 Å². The van der Waals surface area contributed by atoms with Crippen molar-refractivity contribution in [3.63, 3.8) is 0 Å². The van der Waals surface area contributed by atoms with Crippen molar-refractivity contribution >= 4 is 24.0 Å². The molecule has 27 heavy (non-hydrogen) atoms. The fourth-order valence-corrected chi connectivity index (χ4v) is 3.09. The van der Waals surface area contributed by atoms with Crippen molar-refractivity contribution in [2.45, 2.75) is 20.8 Å². The second-order valence-corrected chi connectivity index (χ2v) is 6.45. The zero-order chi connectivity index (χ0) is 19.7. The number of hydrogen-bond donors (Lipinski definition) is 1. The smallest absolute Gasteiger partial charge is 0.329 e. The fourth-order valence-electron chi connectivity index (χ4n) is 3.09. The molecule has 0 spiro atoms. The van der Waals surface area contributed by atoms with Crippen molar-refractivity contribution in [2.24, 2.45) is 0 Å². The number of esters is 1. The molecule has 0 unspecified atom stereocenters. The maximum absolute atomic E-state index is 12.4. The molecule has 7 nitrogen and oxygen atoms in total. The number of nitrogens with one attached hydrogen (secondary N) is 1. The first-order valence-electron chi connectivity index (χ1n) is 8.49. The number of benzene rings is 1. The molecule has 3 rings (SSSR count). The van der Waals surface area contributed by atoms with Gasteiger partial charge in [-0.3, -0.25) is 9.59 Å². The van der Waals surface area contributed by atoms with E-state index in [1.54, 1.807) is 6.08 Å². The van der Waals surface area contributed by atoms with Crippen LogP contribution in [0.1, 0.15) is 22.5 Å². The summed E-state index contributed by atoms with van der Waals surface area (Å²) < 4.78 is 6.60. The number of carbonyl (C=O) groups is 3. The molecule has 1 aliphatic rings. The maximum Gasteiger partial charge on any atom is 0.329 e. The van der Waals surface area contributed by atoms with Crippen LogP contribution < -0.4 is 5.32 Å². The summed E-state index contributed by atoms with van der Waals surface area (Å²) in [4.78, 5) is 36.6. The monoisotopic (exact) mass is 367 g/mol. The summed E-state index contributed by atoms with van der Waals surface area (Å²) in [6, 6.07) is 9.46. The van der Waals surface area contributed by atoms with Gasteiger partial charge in [0.15, 0.2) is 0 Å². The van der Waals surface area contributed by atoms with Crippen molar-refractivity contribution in [1.82, 2.24) is 14.8 Å². The normalized spacial score (nSPS) is 15.4. The molecule has 1 N–H and O–H groups in total. The summed E-state index contributed by atoms with van der Waals surface area (Å²) in [6.45, 7) is 5.55. The molecule has 0 atom stereocenters. The Kier molecular flexibility index (Phi) is 4.85. The van der Waals surface area contributed by atoms with E-state index in [9.17, 15) is 14.4 Å². The molecule has 1 aromatic carbocycles. The minimum atomic E-state index is -0.655. The first-order chi connectivity index (χ1) is 12.8. The number of ether oxygens (including phenoxy) is 1. The van der Waals surface area contributed by atoms with Crippen LogP contribution in [0, 0.1) is 20.8 Å². The predicted molar refractivity (Wildman–Crippen MR) is 100 cm³/mol. The number of carbonyl (C=O) groups excluding carboxylic acids is 3. The molecule has 3 amide bonds. The van der Waals surface area contributed by atoms with Crippen LogP contribution in [0.25, 0.3) is 11.8 Å². The Labute approximate surface area is 157 Å². The van der Waals surface area contributed by atoms with Gasteiger partial charge in [0.1, 0.15) is 12.2 Å². The molecule has 0 aliphatic carbocycles. The number of hydrogen-bond acceptors (Lipinski definition) is 4. The summed E-state index contributed by atoms with van der Waals surface area (Å²) in [5.74, 6) is -1.21.